The number of ether oxygens (including phenoxy) is 1. The van der Waals surface area contributed by atoms with E-state index in [1.807, 2.05) is 6.92 Å². The van der Waals surface area contributed by atoms with Gasteiger partial charge in [-0.05, 0) is 20.3 Å². The van der Waals surface area contributed by atoms with Crippen molar-refractivity contribution in [2.24, 2.45) is 0 Å². The minimum atomic E-state index is -3.63. The Bertz CT molecular complexity index is 560. The van der Waals surface area contributed by atoms with Gasteiger partial charge in [0.2, 0.25) is 0 Å². The van der Waals surface area contributed by atoms with Crippen molar-refractivity contribution in [1.82, 2.24) is 9.71 Å². The van der Waals surface area contributed by atoms with Crippen LogP contribution < -0.4 is 9.60 Å². The smallest absolute Gasteiger partial charge is 0.305 e. The predicted octanol–water partition coefficient (Wildman–Crippen LogP) is 0.201. The lowest BCUT2D eigenvalue weighted by Crippen LogP contribution is -2.39. The summed E-state index contributed by atoms with van der Waals surface area (Å²) in [5, 5.41) is 0. The number of hydrogen-bond donors (Lipinski definition) is 2. The summed E-state index contributed by atoms with van der Waals surface area (Å²) < 4.78 is 32.0. The zero-order chi connectivity index (χ0) is 12.6. The van der Waals surface area contributed by atoms with Gasteiger partial charge in [-0.3, -0.25) is 4.79 Å². The molecule has 8 heteroatoms. The SMILES string of the molecule is Cc1[nH]c(=O)sc1S(=O)(=O)NC1CCOC1C. The van der Waals surface area contributed by atoms with Gasteiger partial charge in [-0.1, -0.05) is 11.3 Å². The number of thiazole rings is 1. The Labute approximate surface area is 103 Å². The average Bonchev–Trinajstić information content (AvgIpc) is 2.74. The van der Waals surface area contributed by atoms with E-state index in [9.17, 15) is 13.2 Å². The quantitative estimate of drug-likeness (QED) is 0.826. The van der Waals surface area contributed by atoms with Gasteiger partial charge in [0.25, 0.3) is 10.0 Å². The zero-order valence-corrected chi connectivity index (χ0v) is 11.2. The van der Waals surface area contributed by atoms with Crippen LogP contribution in [0, 0.1) is 6.92 Å². The van der Waals surface area contributed by atoms with Crippen LogP contribution in [-0.2, 0) is 14.8 Å². The van der Waals surface area contributed by atoms with Gasteiger partial charge < -0.3 is 9.72 Å². The molecule has 6 nitrogen and oxygen atoms in total. The number of aryl methyl sites for hydroxylation is 1. The van der Waals surface area contributed by atoms with Crippen LogP contribution in [0.1, 0.15) is 19.0 Å². The highest BCUT2D eigenvalue weighted by Gasteiger charge is 2.30. The summed E-state index contributed by atoms with van der Waals surface area (Å²) in [7, 11) is -3.63. The predicted molar refractivity (Wildman–Crippen MR) is 63.8 cm³/mol. The van der Waals surface area contributed by atoms with Crippen LogP contribution in [0.25, 0.3) is 0 Å². The monoisotopic (exact) mass is 278 g/mol. The van der Waals surface area contributed by atoms with E-state index in [-0.39, 0.29) is 21.2 Å². The molecule has 1 aliphatic heterocycles. The first-order valence-corrected chi connectivity index (χ1v) is 7.54. The van der Waals surface area contributed by atoms with Gasteiger partial charge in [-0.2, -0.15) is 0 Å². The maximum atomic E-state index is 12.1. The highest BCUT2D eigenvalue weighted by Crippen LogP contribution is 2.19. The van der Waals surface area contributed by atoms with Gasteiger partial charge in [-0.15, -0.1) is 0 Å². The third-order valence-corrected chi connectivity index (χ3v) is 5.80. The molecule has 2 atom stereocenters. The molecule has 0 spiro atoms. The second kappa shape index (κ2) is 4.52. The molecule has 1 aromatic heterocycles. The van der Waals surface area contributed by atoms with E-state index in [1.165, 1.54) is 0 Å². The van der Waals surface area contributed by atoms with Crippen LogP contribution in [0.5, 0.6) is 0 Å². The summed E-state index contributed by atoms with van der Waals surface area (Å²) in [5.41, 5.74) is 0.374. The van der Waals surface area contributed by atoms with E-state index in [2.05, 4.69) is 9.71 Å². The summed E-state index contributed by atoms with van der Waals surface area (Å²) in [4.78, 5) is 13.2. The standard InChI is InChI=1S/C9H14N2O4S2/c1-5-8(16-9(12)10-5)17(13,14)11-7-3-4-15-6(7)2/h6-7,11H,3-4H2,1-2H3,(H,10,12). The molecular weight excluding hydrogens is 264 g/mol. The van der Waals surface area contributed by atoms with Gasteiger partial charge >= 0.3 is 4.87 Å². The number of hydrogen-bond acceptors (Lipinski definition) is 5. The maximum Gasteiger partial charge on any atom is 0.305 e. The molecular formula is C9H14N2O4S2. The number of sulfonamides is 1. The van der Waals surface area contributed by atoms with E-state index in [4.69, 9.17) is 4.74 Å². The zero-order valence-electron chi connectivity index (χ0n) is 9.52. The Kier molecular flexibility index (Phi) is 3.39. The molecule has 0 amide bonds. The fraction of sp³-hybridized carbons (Fsp3) is 0.667. The Morgan fingerprint density at radius 1 is 1.53 bits per heavy atom. The van der Waals surface area contributed by atoms with Crippen LogP contribution in [0.4, 0.5) is 0 Å². The van der Waals surface area contributed by atoms with E-state index < -0.39 is 10.0 Å². The number of rotatable bonds is 3. The van der Waals surface area contributed by atoms with Gasteiger partial charge in [0.05, 0.1) is 12.1 Å². The van der Waals surface area contributed by atoms with E-state index in [0.29, 0.717) is 30.1 Å². The van der Waals surface area contributed by atoms with Crippen LogP contribution in [0.3, 0.4) is 0 Å². The van der Waals surface area contributed by atoms with Crippen molar-refractivity contribution in [3.63, 3.8) is 0 Å². The molecule has 2 unspecified atom stereocenters. The molecule has 1 fully saturated rings. The molecule has 1 saturated heterocycles. The number of aromatic nitrogens is 1. The molecule has 2 rings (SSSR count). The first-order valence-electron chi connectivity index (χ1n) is 5.24. The number of aromatic amines is 1. The van der Waals surface area contributed by atoms with Crippen LogP contribution in [-0.4, -0.2) is 32.2 Å². The molecule has 0 saturated carbocycles. The van der Waals surface area contributed by atoms with E-state index in [1.54, 1.807) is 6.92 Å². The Morgan fingerprint density at radius 2 is 2.24 bits per heavy atom. The molecule has 2 heterocycles. The van der Waals surface area contributed by atoms with Crippen molar-refractivity contribution >= 4 is 21.4 Å². The molecule has 0 bridgehead atoms. The third kappa shape index (κ3) is 2.59. The highest BCUT2D eigenvalue weighted by atomic mass is 32.2. The molecule has 0 aliphatic carbocycles. The lowest BCUT2D eigenvalue weighted by atomic mass is 10.2. The fourth-order valence-corrected chi connectivity index (χ4v) is 4.44. The molecule has 0 radical (unpaired) electrons. The first-order chi connectivity index (χ1) is 7.90. The fourth-order valence-electron chi connectivity index (χ4n) is 1.79. The summed E-state index contributed by atoms with van der Waals surface area (Å²) in [6.45, 7) is 3.95. The average molecular weight is 278 g/mol. The van der Waals surface area contributed by atoms with Crippen molar-refractivity contribution in [2.45, 2.75) is 36.6 Å². The van der Waals surface area contributed by atoms with Crippen LogP contribution in [0.2, 0.25) is 0 Å². The molecule has 2 N–H and O–H groups in total. The summed E-state index contributed by atoms with van der Waals surface area (Å²) >= 11 is 0.704. The summed E-state index contributed by atoms with van der Waals surface area (Å²) in [6.07, 6.45) is 0.513. The van der Waals surface area contributed by atoms with Gasteiger partial charge in [0.15, 0.2) is 4.21 Å². The summed E-state index contributed by atoms with van der Waals surface area (Å²) in [5.74, 6) is 0. The molecule has 96 valence electrons. The molecule has 1 aromatic rings. The topological polar surface area (TPSA) is 88.3 Å². The van der Waals surface area contributed by atoms with Crippen LogP contribution >= 0.6 is 11.3 Å². The minimum Gasteiger partial charge on any atom is -0.377 e. The van der Waals surface area contributed by atoms with E-state index >= 15 is 0 Å². The normalized spacial score (nSPS) is 25.3. The summed E-state index contributed by atoms with van der Waals surface area (Å²) in [6, 6.07) is -0.225. The molecule has 17 heavy (non-hydrogen) atoms. The maximum absolute atomic E-state index is 12.1. The number of H-pyrrole nitrogens is 1. The van der Waals surface area contributed by atoms with Gasteiger partial charge in [0.1, 0.15) is 0 Å². The third-order valence-electron chi connectivity index (χ3n) is 2.71. The minimum absolute atomic E-state index is 0.0570. The van der Waals surface area contributed by atoms with Gasteiger partial charge in [0, 0.05) is 12.3 Å². The van der Waals surface area contributed by atoms with Gasteiger partial charge in [-0.25, -0.2) is 13.1 Å². The van der Waals surface area contributed by atoms with E-state index in [0.717, 1.165) is 0 Å². The van der Waals surface area contributed by atoms with Crippen molar-refractivity contribution < 1.29 is 13.2 Å². The first kappa shape index (κ1) is 12.7. The largest absolute Gasteiger partial charge is 0.377 e. The van der Waals surface area contributed by atoms with Crippen molar-refractivity contribution in [2.75, 3.05) is 6.61 Å². The second-order valence-corrected chi connectivity index (χ2v) is 6.91. The number of nitrogens with one attached hydrogen (secondary N) is 2. The van der Waals surface area contributed by atoms with Crippen molar-refractivity contribution in [1.29, 1.82) is 0 Å². The van der Waals surface area contributed by atoms with Crippen molar-refractivity contribution in [3.8, 4) is 0 Å². The lowest BCUT2D eigenvalue weighted by Gasteiger charge is -2.15. The molecule has 1 aliphatic rings. The van der Waals surface area contributed by atoms with Crippen molar-refractivity contribution in [3.05, 3.63) is 15.4 Å². The second-order valence-electron chi connectivity index (χ2n) is 4.02. The Balaban J connectivity index is 2.25. The highest BCUT2D eigenvalue weighted by molar-refractivity contribution is 7.91. The van der Waals surface area contributed by atoms with Crippen LogP contribution in [0.15, 0.2) is 9.00 Å². The molecule has 0 aromatic carbocycles. The Morgan fingerprint density at radius 3 is 2.71 bits per heavy atom. The lowest BCUT2D eigenvalue weighted by molar-refractivity contribution is 0.117. The Hall–Kier alpha value is -0.700.